The molecule has 2 rings (SSSR count). The van der Waals surface area contributed by atoms with Crippen molar-refractivity contribution in [2.45, 2.75) is 68.0 Å². The number of ether oxygens (including phenoxy) is 1. The second-order valence-corrected chi connectivity index (χ2v) is 6.62. The molecule has 0 aliphatic heterocycles. The molecule has 0 radical (unpaired) electrons. The number of hydrogen-bond donors (Lipinski definition) is 0. The molecule has 0 aromatic heterocycles. The van der Waals surface area contributed by atoms with Gasteiger partial charge >= 0.3 is 0 Å². The summed E-state index contributed by atoms with van der Waals surface area (Å²) in [5.41, 5.74) is 0. The van der Waals surface area contributed by atoms with E-state index >= 15 is 0 Å². The topological polar surface area (TPSA) is 9.23 Å². The predicted octanol–water partition coefficient (Wildman–Crippen LogP) is 3.94. The summed E-state index contributed by atoms with van der Waals surface area (Å²) in [5, 5.41) is 0. The highest BCUT2D eigenvalue weighted by atomic mass is 127. The Labute approximate surface area is 101 Å². The Bertz CT molecular complexity index is 183. The molecular weight excluding hydrogens is 287 g/mol. The van der Waals surface area contributed by atoms with Crippen LogP contribution in [-0.2, 0) is 4.74 Å². The third kappa shape index (κ3) is 2.84. The van der Waals surface area contributed by atoms with E-state index in [-0.39, 0.29) is 0 Å². The van der Waals surface area contributed by atoms with Gasteiger partial charge in [-0.15, -0.1) is 0 Å². The van der Waals surface area contributed by atoms with Gasteiger partial charge in [-0.2, -0.15) is 0 Å². The van der Waals surface area contributed by atoms with Gasteiger partial charge in [-0.1, -0.05) is 42.4 Å². The Kier molecular flexibility index (Phi) is 4.11. The maximum Gasteiger partial charge on any atom is 0.0696 e. The van der Waals surface area contributed by atoms with E-state index in [2.05, 4.69) is 29.5 Å². The fraction of sp³-hybridized carbons (Fsp3) is 1.00. The van der Waals surface area contributed by atoms with Crippen LogP contribution in [-0.4, -0.2) is 16.1 Å². The zero-order chi connectivity index (χ0) is 9.97. The third-order valence-electron chi connectivity index (χ3n) is 3.63. The van der Waals surface area contributed by atoms with Gasteiger partial charge in [0.05, 0.1) is 12.2 Å². The minimum atomic E-state index is 0.575. The maximum atomic E-state index is 6.23. The summed E-state index contributed by atoms with van der Waals surface area (Å²) in [6.45, 7) is 2.37. The molecule has 0 bridgehead atoms. The predicted molar refractivity (Wildman–Crippen MR) is 68.0 cm³/mol. The SMILES string of the molecule is CC1CCCC(OC2CCCC2I)C1. The smallest absolute Gasteiger partial charge is 0.0696 e. The van der Waals surface area contributed by atoms with Crippen LogP contribution in [0.5, 0.6) is 0 Å². The van der Waals surface area contributed by atoms with Crippen LogP contribution in [0.4, 0.5) is 0 Å². The standard InChI is InChI=1S/C12H21IO/c1-9-4-2-5-10(8-9)14-12-7-3-6-11(12)13/h9-12H,2-8H2,1H3. The first-order chi connectivity index (χ1) is 6.75. The summed E-state index contributed by atoms with van der Waals surface area (Å²) < 4.78 is 7.01. The molecule has 0 aromatic rings. The molecule has 2 fully saturated rings. The summed E-state index contributed by atoms with van der Waals surface area (Å²) >= 11 is 2.57. The average Bonchev–Trinajstić information content (AvgIpc) is 2.52. The van der Waals surface area contributed by atoms with Crippen molar-refractivity contribution in [3.63, 3.8) is 0 Å². The van der Waals surface area contributed by atoms with E-state index in [0.717, 1.165) is 9.84 Å². The lowest BCUT2D eigenvalue weighted by Gasteiger charge is -2.30. The van der Waals surface area contributed by atoms with Gasteiger partial charge < -0.3 is 4.74 Å². The first-order valence-corrected chi connectivity index (χ1v) is 7.30. The Morgan fingerprint density at radius 1 is 1.07 bits per heavy atom. The van der Waals surface area contributed by atoms with Gasteiger partial charge in [0.15, 0.2) is 0 Å². The van der Waals surface area contributed by atoms with E-state index in [9.17, 15) is 0 Å². The third-order valence-corrected chi connectivity index (χ3v) is 5.05. The summed E-state index contributed by atoms with van der Waals surface area (Å²) in [4.78, 5) is 0. The molecule has 2 heteroatoms. The lowest BCUT2D eigenvalue weighted by molar-refractivity contribution is -0.0311. The number of rotatable bonds is 2. The number of hydrogen-bond acceptors (Lipinski definition) is 1. The fourth-order valence-electron chi connectivity index (χ4n) is 2.78. The molecule has 4 atom stereocenters. The highest BCUT2D eigenvalue weighted by Gasteiger charge is 2.29. The molecule has 1 nitrogen and oxygen atoms in total. The normalized spacial score (nSPS) is 44.1. The van der Waals surface area contributed by atoms with Gasteiger partial charge in [-0.3, -0.25) is 0 Å². The fourth-order valence-corrected chi connectivity index (χ4v) is 3.75. The zero-order valence-electron chi connectivity index (χ0n) is 9.05. The Balaban J connectivity index is 1.78. The average molecular weight is 308 g/mol. The van der Waals surface area contributed by atoms with E-state index in [1.807, 2.05) is 0 Å². The Morgan fingerprint density at radius 2 is 1.86 bits per heavy atom. The molecule has 2 saturated carbocycles. The Morgan fingerprint density at radius 3 is 2.50 bits per heavy atom. The van der Waals surface area contributed by atoms with Crippen molar-refractivity contribution in [3.8, 4) is 0 Å². The molecule has 0 heterocycles. The van der Waals surface area contributed by atoms with Crippen LogP contribution < -0.4 is 0 Å². The molecule has 2 aliphatic carbocycles. The molecule has 0 aromatic carbocycles. The minimum absolute atomic E-state index is 0.575. The van der Waals surface area contributed by atoms with E-state index in [4.69, 9.17) is 4.74 Å². The van der Waals surface area contributed by atoms with Crippen LogP contribution in [0.25, 0.3) is 0 Å². The van der Waals surface area contributed by atoms with Crippen molar-refractivity contribution in [2.24, 2.45) is 5.92 Å². The van der Waals surface area contributed by atoms with Gasteiger partial charge in [-0.25, -0.2) is 0 Å². The van der Waals surface area contributed by atoms with E-state index in [0.29, 0.717) is 12.2 Å². The Hall–Kier alpha value is 0.690. The highest BCUT2D eigenvalue weighted by Crippen LogP contribution is 2.33. The second kappa shape index (κ2) is 5.15. The summed E-state index contributed by atoms with van der Waals surface area (Å²) in [5.74, 6) is 0.891. The molecule has 82 valence electrons. The van der Waals surface area contributed by atoms with Crippen molar-refractivity contribution in [3.05, 3.63) is 0 Å². The van der Waals surface area contributed by atoms with Gasteiger partial charge in [0.2, 0.25) is 0 Å². The van der Waals surface area contributed by atoms with Crippen molar-refractivity contribution >= 4 is 22.6 Å². The van der Waals surface area contributed by atoms with E-state index < -0.39 is 0 Å². The van der Waals surface area contributed by atoms with Gasteiger partial charge in [0.1, 0.15) is 0 Å². The van der Waals surface area contributed by atoms with Gasteiger partial charge in [0.25, 0.3) is 0 Å². The van der Waals surface area contributed by atoms with Gasteiger partial charge in [-0.05, 0) is 38.0 Å². The summed E-state index contributed by atoms with van der Waals surface area (Å²) in [6, 6.07) is 0. The van der Waals surface area contributed by atoms with Crippen molar-refractivity contribution < 1.29 is 4.74 Å². The van der Waals surface area contributed by atoms with Crippen molar-refractivity contribution in [2.75, 3.05) is 0 Å². The number of halogens is 1. The highest BCUT2D eigenvalue weighted by molar-refractivity contribution is 14.1. The first kappa shape index (κ1) is 11.2. The van der Waals surface area contributed by atoms with Crippen molar-refractivity contribution in [1.82, 2.24) is 0 Å². The molecule has 0 saturated heterocycles. The van der Waals surface area contributed by atoms with Crippen molar-refractivity contribution in [1.29, 1.82) is 0 Å². The van der Waals surface area contributed by atoms with Crippen LogP contribution in [0, 0.1) is 5.92 Å². The molecule has 2 aliphatic rings. The molecular formula is C12H21IO. The van der Waals surface area contributed by atoms with Crippen LogP contribution in [0.15, 0.2) is 0 Å². The molecule has 0 amide bonds. The molecule has 14 heavy (non-hydrogen) atoms. The molecule has 4 unspecified atom stereocenters. The zero-order valence-corrected chi connectivity index (χ0v) is 11.2. The second-order valence-electron chi connectivity index (χ2n) is 5.02. The van der Waals surface area contributed by atoms with Crippen LogP contribution in [0.1, 0.15) is 51.9 Å². The largest absolute Gasteiger partial charge is 0.374 e. The van der Waals surface area contributed by atoms with Crippen LogP contribution in [0.2, 0.25) is 0 Å². The van der Waals surface area contributed by atoms with Gasteiger partial charge in [0, 0.05) is 3.92 Å². The molecule has 0 spiro atoms. The van der Waals surface area contributed by atoms with Crippen LogP contribution >= 0.6 is 22.6 Å². The van der Waals surface area contributed by atoms with Crippen LogP contribution in [0.3, 0.4) is 0 Å². The lowest BCUT2D eigenvalue weighted by Crippen LogP contribution is -2.29. The quantitative estimate of drug-likeness (QED) is 0.554. The minimum Gasteiger partial charge on any atom is -0.374 e. The lowest BCUT2D eigenvalue weighted by atomic mass is 9.88. The molecule has 0 N–H and O–H groups in total. The maximum absolute atomic E-state index is 6.23. The number of alkyl halides is 1. The first-order valence-electron chi connectivity index (χ1n) is 6.05. The monoisotopic (exact) mass is 308 g/mol. The van der Waals surface area contributed by atoms with E-state index in [1.54, 1.807) is 0 Å². The summed E-state index contributed by atoms with van der Waals surface area (Å²) in [7, 11) is 0. The van der Waals surface area contributed by atoms with E-state index in [1.165, 1.54) is 44.9 Å². The summed E-state index contributed by atoms with van der Waals surface area (Å²) in [6.07, 6.45) is 10.6.